The van der Waals surface area contributed by atoms with Crippen LogP contribution in [0.25, 0.3) is 0 Å². The van der Waals surface area contributed by atoms with Crippen LogP contribution in [0.15, 0.2) is 24.3 Å². The van der Waals surface area contributed by atoms with Crippen molar-refractivity contribution in [2.75, 3.05) is 0 Å². The maximum absolute atomic E-state index is 2.26. The van der Waals surface area contributed by atoms with Crippen molar-refractivity contribution >= 4 is 0 Å². The molecular weight excluding hydrogens is 192 g/mol. The second-order valence-electron chi connectivity index (χ2n) is 3.27. The van der Waals surface area contributed by atoms with E-state index in [9.17, 15) is 0 Å². The molecule has 0 radical (unpaired) electrons. The molecule has 1 rings (SSSR count). The fourth-order valence-electron chi connectivity index (χ4n) is 1.32. The highest BCUT2D eigenvalue weighted by Crippen LogP contribution is 2.07. The van der Waals surface area contributed by atoms with Crippen LogP contribution >= 0.6 is 0 Å². The molecule has 0 spiro atoms. The Balaban J connectivity index is -0.000000180. The van der Waals surface area contributed by atoms with Gasteiger partial charge >= 0.3 is 0 Å². The summed E-state index contributed by atoms with van der Waals surface area (Å²) >= 11 is 0. The van der Waals surface area contributed by atoms with Crippen LogP contribution in [0, 0.1) is 0 Å². The molecule has 16 heavy (non-hydrogen) atoms. The number of unbranched alkanes of at least 4 members (excludes halogenated alkanes) is 1. The molecule has 0 aliphatic rings. The van der Waals surface area contributed by atoms with Gasteiger partial charge in [0.15, 0.2) is 0 Å². The topological polar surface area (TPSA) is 0 Å². The van der Waals surface area contributed by atoms with Crippen molar-refractivity contribution in [3.05, 3.63) is 35.4 Å². The zero-order valence-corrected chi connectivity index (χ0v) is 8.14. The first-order chi connectivity index (χ1) is 5.86. The van der Waals surface area contributed by atoms with E-state index in [1.807, 2.05) is 0 Å². The highest BCUT2D eigenvalue weighted by atomic mass is 14.0. The molecule has 0 aromatic heterocycles. The van der Waals surface area contributed by atoms with Gasteiger partial charge in [-0.15, -0.1) is 0 Å². The average molecular weight is 226 g/mol. The Labute approximate surface area is 105 Å². The summed E-state index contributed by atoms with van der Waals surface area (Å²) in [6, 6.07) is 9.00. The third-order valence-electron chi connectivity index (χ3n) is 2.25. The smallest absolute Gasteiger partial charge is 0.0279 e. The lowest BCUT2D eigenvalue weighted by Gasteiger charge is -2.00. The summed E-state index contributed by atoms with van der Waals surface area (Å²) in [5.41, 5.74) is 2.92. The molecule has 0 atom stereocenters. The van der Waals surface area contributed by atoms with Crippen molar-refractivity contribution in [1.82, 2.24) is 0 Å². The maximum atomic E-state index is 2.26. The van der Waals surface area contributed by atoms with Crippen molar-refractivity contribution in [3.63, 3.8) is 0 Å². The summed E-state index contributed by atoms with van der Waals surface area (Å²) in [6.07, 6.45) is 4.98. The molecule has 0 aliphatic carbocycles. The quantitative estimate of drug-likeness (QED) is 0.579. The molecule has 0 unspecified atom stereocenters. The molecule has 0 heteroatoms. The van der Waals surface area contributed by atoms with Gasteiger partial charge in [0.1, 0.15) is 0 Å². The van der Waals surface area contributed by atoms with Gasteiger partial charge in [-0.3, -0.25) is 0 Å². The van der Waals surface area contributed by atoms with Crippen LogP contribution in [-0.2, 0) is 12.8 Å². The summed E-state index contributed by atoms with van der Waals surface area (Å²) in [7, 11) is 0. The first-order valence-electron chi connectivity index (χ1n) is 4.94. The molecule has 0 amide bonds. The van der Waals surface area contributed by atoms with Crippen molar-refractivity contribution in [2.24, 2.45) is 0 Å². The van der Waals surface area contributed by atoms with Crippen molar-refractivity contribution in [1.29, 1.82) is 0 Å². The Kier molecular flexibility index (Phi) is 21.7. The molecule has 98 valence electrons. The Morgan fingerprint density at radius 2 is 1.19 bits per heavy atom. The molecule has 1 aromatic rings. The van der Waals surface area contributed by atoms with Gasteiger partial charge in [-0.05, 0) is 30.4 Å². The van der Waals surface area contributed by atoms with Crippen LogP contribution in [0.5, 0.6) is 0 Å². The molecule has 0 bridgehead atoms. The molecule has 0 N–H and O–H groups in total. The van der Waals surface area contributed by atoms with Crippen molar-refractivity contribution in [3.8, 4) is 0 Å². The van der Waals surface area contributed by atoms with Crippen LogP contribution in [0.1, 0.15) is 67.5 Å². The number of benzene rings is 1. The van der Waals surface area contributed by atoms with Crippen LogP contribution in [-0.4, -0.2) is 0 Å². The van der Waals surface area contributed by atoms with E-state index in [0.717, 1.165) is 6.42 Å². The minimum Gasteiger partial charge on any atom is -0.0776 e. The van der Waals surface area contributed by atoms with Gasteiger partial charge in [0.25, 0.3) is 0 Å². The molecular formula is C16H34. The third kappa shape index (κ3) is 8.52. The van der Waals surface area contributed by atoms with Gasteiger partial charge in [-0.1, -0.05) is 74.2 Å². The Hall–Kier alpha value is -0.780. The Morgan fingerprint density at radius 3 is 1.56 bits per heavy atom. The van der Waals surface area contributed by atoms with Crippen LogP contribution in [0.2, 0.25) is 0 Å². The minimum atomic E-state index is 0. The van der Waals surface area contributed by atoms with Gasteiger partial charge in [0.2, 0.25) is 0 Å². The first kappa shape index (κ1) is 24.4. The third-order valence-corrected chi connectivity index (χ3v) is 2.25. The largest absolute Gasteiger partial charge is 0.0776 e. The van der Waals surface area contributed by atoms with Gasteiger partial charge in [-0.2, -0.15) is 0 Å². The predicted octanol–water partition coefficient (Wildman–Crippen LogP) is 6.14. The second-order valence-corrected chi connectivity index (χ2v) is 3.27. The lowest BCUT2D eigenvalue weighted by atomic mass is 10.1. The van der Waals surface area contributed by atoms with Gasteiger partial charge < -0.3 is 0 Å². The van der Waals surface area contributed by atoms with E-state index in [1.165, 1.54) is 30.4 Å². The van der Waals surface area contributed by atoms with E-state index in [1.54, 1.807) is 0 Å². The highest BCUT2D eigenvalue weighted by molar-refractivity contribution is 5.22. The van der Waals surface area contributed by atoms with E-state index < -0.39 is 0 Å². The van der Waals surface area contributed by atoms with Crippen LogP contribution in [0.4, 0.5) is 0 Å². The fourth-order valence-corrected chi connectivity index (χ4v) is 1.32. The van der Waals surface area contributed by atoms with E-state index >= 15 is 0 Å². The van der Waals surface area contributed by atoms with Crippen molar-refractivity contribution < 1.29 is 0 Å². The number of rotatable bonds is 4. The molecule has 0 saturated carbocycles. The molecule has 0 saturated heterocycles. The van der Waals surface area contributed by atoms with E-state index in [0.29, 0.717) is 0 Å². The minimum absolute atomic E-state index is 0. The van der Waals surface area contributed by atoms with Crippen LogP contribution < -0.4 is 0 Å². The standard InChI is InChI=1S/C12H18.4CH4/c1-3-5-6-12-9-7-11(4-2)8-10-12;;;;/h7-10H,3-6H2,1-2H3;4*1H4. The summed E-state index contributed by atoms with van der Waals surface area (Å²) in [4.78, 5) is 0. The lowest BCUT2D eigenvalue weighted by Crippen LogP contribution is -1.85. The fraction of sp³-hybridized carbons (Fsp3) is 0.625. The zero-order chi connectivity index (χ0) is 8.81. The SMILES string of the molecule is C.C.C.C.CCCCc1ccc(CC)cc1. The first-order valence-corrected chi connectivity index (χ1v) is 4.94. The number of hydrogen-bond donors (Lipinski definition) is 0. The molecule has 0 aliphatic heterocycles. The number of hydrogen-bond acceptors (Lipinski definition) is 0. The van der Waals surface area contributed by atoms with Gasteiger partial charge in [0, 0.05) is 0 Å². The normalized spacial score (nSPS) is 7.62. The Morgan fingerprint density at radius 1 is 0.750 bits per heavy atom. The summed E-state index contributed by atoms with van der Waals surface area (Å²) in [5.74, 6) is 0. The van der Waals surface area contributed by atoms with E-state index in [2.05, 4.69) is 38.1 Å². The summed E-state index contributed by atoms with van der Waals surface area (Å²) in [5, 5.41) is 0. The van der Waals surface area contributed by atoms with Gasteiger partial charge in [-0.25, -0.2) is 0 Å². The second kappa shape index (κ2) is 14.2. The highest BCUT2D eigenvalue weighted by Gasteiger charge is 1.92. The number of aryl methyl sites for hydroxylation is 2. The molecule has 0 nitrogen and oxygen atoms in total. The monoisotopic (exact) mass is 226 g/mol. The van der Waals surface area contributed by atoms with Crippen molar-refractivity contribution in [2.45, 2.75) is 69.2 Å². The molecule has 0 fully saturated rings. The van der Waals surface area contributed by atoms with Gasteiger partial charge in [0.05, 0.1) is 0 Å². The van der Waals surface area contributed by atoms with Crippen LogP contribution in [0.3, 0.4) is 0 Å². The predicted molar refractivity (Wildman–Crippen MR) is 81.4 cm³/mol. The zero-order valence-electron chi connectivity index (χ0n) is 8.14. The molecule has 1 aromatic carbocycles. The summed E-state index contributed by atoms with van der Waals surface area (Å²) in [6.45, 7) is 4.43. The lowest BCUT2D eigenvalue weighted by molar-refractivity contribution is 0.794. The van der Waals surface area contributed by atoms with E-state index in [-0.39, 0.29) is 29.7 Å². The molecule has 0 heterocycles. The summed E-state index contributed by atoms with van der Waals surface area (Å²) < 4.78 is 0. The van der Waals surface area contributed by atoms with E-state index in [4.69, 9.17) is 0 Å². The Bertz CT molecular complexity index is 208. The maximum Gasteiger partial charge on any atom is -0.0279 e. The average Bonchev–Trinajstić information content (AvgIpc) is 2.15.